The van der Waals surface area contributed by atoms with Crippen LogP contribution in [0.15, 0.2) is 48.5 Å². The first kappa shape index (κ1) is 17.4. The fraction of sp³-hybridized carbons (Fsp3) is 0.333. The molecule has 1 fully saturated rings. The maximum atomic E-state index is 13.1. The van der Waals surface area contributed by atoms with Crippen molar-refractivity contribution in [2.45, 2.75) is 26.3 Å². The molecule has 0 saturated heterocycles. The summed E-state index contributed by atoms with van der Waals surface area (Å²) in [5.41, 5.74) is 0.704. The second-order valence-corrected chi connectivity index (χ2v) is 6.91. The lowest BCUT2D eigenvalue weighted by molar-refractivity contribution is -0.142. The van der Waals surface area contributed by atoms with Crippen molar-refractivity contribution in [3.63, 3.8) is 0 Å². The Morgan fingerprint density at radius 3 is 2.52 bits per heavy atom. The van der Waals surface area contributed by atoms with Gasteiger partial charge in [0.25, 0.3) is 0 Å². The van der Waals surface area contributed by atoms with Gasteiger partial charge in [0.2, 0.25) is 18.6 Å². The molecule has 1 aliphatic heterocycles. The number of nitrogens with one attached hydrogen (secondary N) is 1. The Morgan fingerprint density at radius 1 is 1.07 bits per heavy atom. The first-order chi connectivity index (χ1) is 13.1. The molecule has 1 saturated carbocycles. The molecule has 2 amide bonds. The zero-order valence-corrected chi connectivity index (χ0v) is 15.2. The van der Waals surface area contributed by atoms with E-state index in [2.05, 4.69) is 5.32 Å². The van der Waals surface area contributed by atoms with Gasteiger partial charge in [0.1, 0.15) is 5.41 Å². The Bertz CT molecular complexity index is 862. The molecule has 1 aliphatic carbocycles. The van der Waals surface area contributed by atoms with Gasteiger partial charge in [-0.1, -0.05) is 30.3 Å². The van der Waals surface area contributed by atoms with Crippen molar-refractivity contribution in [2.75, 3.05) is 18.7 Å². The fourth-order valence-electron chi connectivity index (χ4n) is 3.32. The van der Waals surface area contributed by atoms with E-state index in [0.29, 0.717) is 43.1 Å². The number of nitrogens with zero attached hydrogens (tertiary/aromatic N) is 1. The lowest BCUT2D eigenvalue weighted by Gasteiger charge is -2.26. The summed E-state index contributed by atoms with van der Waals surface area (Å²) in [6.07, 6.45) is 1.15. The summed E-state index contributed by atoms with van der Waals surface area (Å²) in [6, 6.07) is 15.1. The van der Waals surface area contributed by atoms with Gasteiger partial charge in [0, 0.05) is 24.8 Å². The predicted molar refractivity (Wildman–Crippen MR) is 100 cm³/mol. The number of anilines is 1. The number of fused-ring (bicyclic) bond motifs is 1. The Kier molecular flexibility index (Phi) is 4.48. The van der Waals surface area contributed by atoms with E-state index in [0.717, 1.165) is 5.56 Å². The minimum absolute atomic E-state index is 0.105. The molecule has 0 unspecified atom stereocenters. The molecule has 0 radical (unpaired) electrons. The molecule has 1 heterocycles. The summed E-state index contributed by atoms with van der Waals surface area (Å²) in [7, 11) is 0. The van der Waals surface area contributed by atoms with Crippen LogP contribution >= 0.6 is 0 Å². The van der Waals surface area contributed by atoms with Crippen LogP contribution in [0.25, 0.3) is 0 Å². The highest BCUT2D eigenvalue weighted by molar-refractivity contribution is 6.13. The number of hydrogen-bond donors (Lipinski definition) is 1. The van der Waals surface area contributed by atoms with E-state index in [1.165, 1.54) is 0 Å². The van der Waals surface area contributed by atoms with E-state index in [9.17, 15) is 9.59 Å². The molecule has 1 N–H and O–H groups in total. The highest BCUT2D eigenvalue weighted by Gasteiger charge is 2.57. The molecule has 2 aromatic rings. The molecule has 6 heteroatoms. The Balaban J connectivity index is 1.46. The van der Waals surface area contributed by atoms with E-state index in [1.54, 1.807) is 23.1 Å². The zero-order chi connectivity index (χ0) is 18.9. The standard InChI is InChI=1S/C21H22N2O4/c1-2-23(13-15-6-4-3-5-7-15)20(25)21(10-11-21)19(24)22-16-8-9-17-18(12-16)27-14-26-17/h3-9,12H,2,10-11,13-14H2,1H3,(H,22,24). The van der Waals surface area contributed by atoms with Gasteiger partial charge in [0.15, 0.2) is 11.5 Å². The number of hydrogen-bond acceptors (Lipinski definition) is 4. The number of carbonyl (C=O) groups excluding carboxylic acids is 2. The fourth-order valence-corrected chi connectivity index (χ4v) is 3.32. The molecule has 0 atom stereocenters. The van der Waals surface area contributed by atoms with Crippen LogP contribution in [0, 0.1) is 5.41 Å². The van der Waals surface area contributed by atoms with Crippen LogP contribution in [0.4, 0.5) is 5.69 Å². The molecular weight excluding hydrogens is 344 g/mol. The second-order valence-electron chi connectivity index (χ2n) is 6.91. The van der Waals surface area contributed by atoms with Crippen molar-refractivity contribution < 1.29 is 19.1 Å². The van der Waals surface area contributed by atoms with Crippen molar-refractivity contribution in [3.8, 4) is 11.5 Å². The summed E-state index contributed by atoms with van der Waals surface area (Å²) in [5.74, 6) is 0.901. The normalized spacial score (nSPS) is 15.9. The molecule has 0 bridgehead atoms. The van der Waals surface area contributed by atoms with Gasteiger partial charge >= 0.3 is 0 Å². The van der Waals surface area contributed by atoms with Crippen molar-refractivity contribution >= 4 is 17.5 Å². The van der Waals surface area contributed by atoms with Crippen LogP contribution in [0.1, 0.15) is 25.3 Å². The largest absolute Gasteiger partial charge is 0.454 e. The molecular formula is C21H22N2O4. The molecule has 0 aromatic heterocycles. The third-order valence-corrected chi connectivity index (χ3v) is 5.11. The van der Waals surface area contributed by atoms with Crippen molar-refractivity contribution in [3.05, 3.63) is 54.1 Å². The van der Waals surface area contributed by atoms with Crippen LogP contribution in [0.2, 0.25) is 0 Å². The third kappa shape index (κ3) is 3.35. The van der Waals surface area contributed by atoms with Gasteiger partial charge in [0.05, 0.1) is 0 Å². The molecule has 6 nitrogen and oxygen atoms in total. The van der Waals surface area contributed by atoms with Crippen LogP contribution in [-0.4, -0.2) is 30.1 Å². The Labute approximate surface area is 158 Å². The Morgan fingerprint density at radius 2 is 1.81 bits per heavy atom. The minimum atomic E-state index is -0.957. The number of rotatable bonds is 6. The maximum Gasteiger partial charge on any atom is 0.240 e. The lowest BCUT2D eigenvalue weighted by Crippen LogP contribution is -2.42. The van der Waals surface area contributed by atoms with Crippen LogP contribution in [-0.2, 0) is 16.1 Å². The quantitative estimate of drug-likeness (QED) is 0.798. The molecule has 2 aliphatic rings. The summed E-state index contributed by atoms with van der Waals surface area (Å²) in [4.78, 5) is 27.7. The third-order valence-electron chi connectivity index (χ3n) is 5.11. The monoisotopic (exact) mass is 366 g/mol. The number of carbonyl (C=O) groups is 2. The molecule has 2 aromatic carbocycles. The maximum absolute atomic E-state index is 13.1. The zero-order valence-electron chi connectivity index (χ0n) is 15.2. The summed E-state index contributed by atoms with van der Waals surface area (Å²) >= 11 is 0. The van der Waals surface area contributed by atoms with Gasteiger partial charge in [-0.15, -0.1) is 0 Å². The van der Waals surface area contributed by atoms with Crippen LogP contribution in [0.5, 0.6) is 11.5 Å². The summed E-state index contributed by atoms with van der Waals surface area (Å²) < 4.78 is 10.6. The van der Waals surface area contributed by atoms with E-state index >= 15 is 0 Å². The van der Waals surface area contributed by atoms with Crippen molar-refractivity contribution in [1.82, 2.24) is 4.90 Å². The smallest absolute Gasteiger partial charge is 0.240 e. The SMILES string of the molecule is CCN(Cc1ccccc1)C(=O)C1(C(=O)Nc2ccc3c(c2)OCO3)CC1. The minimum Gasteiger partial charge on any atom is -0.454 e. The highest BCUT2D eigenvalue weighted by Crippen LogP contribution is 2.48. The molecule has 140 valence electrons. The van der Waals surface area contributed by atoms with Crippen molar-refractivity contribution in [2.24, 2.45) is 5.41 Å². The van der Waals surface area contributed by atoms with Gasteiger partial charge < -0.3 is 19.7 Å². The number of amides is 2. The molecule has 4 rings (SSSR count). The highest BCUT2D eigenvalue weighted by atomic mass is 16.7. The molecule has 0 spiro atoms. The van der Waals surface area contributed by atoms with Gasteiger partial charge in [-0.3, -0.25) is 9.59 Å². The van der Waals surface area contributed by atoms with Gasteiger partial charge in [-0.2, -0.15) is 0 Å². The average molecular weight is 366 g/mol. The van der Waals surface area contributed by atoms with Gasteiger partial charge in [-0.05, 0) is 37.5 Å². The average Bonchev–Trinajstić information content (AvgIpc) is 3.38. The van der Waals surface area contributed by atoms with Gasteiger partial charge in [-0.25, -0.2) is 0 Å². The number of benzene rings is 2. The second kappa shape index (κ2) is 6.95. The summed E-state index contributed by atoms with van der Waals surface area (Å²) in [6.45, 7) is 3.19. The van der Waals surface area contributed by atoms with E-state index in [4.69, 9.17) is 9.47 Å². The van der Waals surface area contributed by atoms with Crippen LogP contribution < -0.4 is 14.8 Å². The topological polar surface area (TPSA) is 67.9 Å². The van der Waals surface area contributed by atoms with Crippen LogP contribution in [0.3, 0.4) is 0 Å². The van der Waals surface area contributed by atoms with E-state index < -0.39 is 5.41 Å². The number of ether oxygens (including phenoxy) is 2. The molecule has 27 heavy (non-hydrogen) atoms. The first-order valence-corrected chi connectivity index (χ1v) is 9.17. The van der Waals surface area contributed by atoms with Crippen molar-refractivity contribution in [1.29, 1.82) is 0 Å². The first-order valence-electron chi connectivity index (χ1n) is 9.17. The lowest BCUT2D eigenvalue weighted by atomic mass is 10.0. The summed E-state index contributed by atoms with van der Waals surface area (Å²) in [5, 5.41) is 2.88. The van der Waals surface area contributed by atoms with E-state index in [1.807, 2.05) is 37.3 Å². The predicted octanol–water partition coefficient (Wildman–Crippen LogP) is 3.18. The van der Waals surface area contributed by atoms with E-state index in [-0.39, 0.29) is 18.6 Å². The Hall–Kier alpha value is -3.02.